The van der Waals surface area contributed by atoms with E-state index in [-0.39, 0.29) is 11.0 Å². The lowest BCUT2D eigenvalue weighted by Crippen LogP contribution is -2.26. The van der Waals surface area contributed by atoms with Gasteiger partial charge in [-0.2, -0.15) is 5.26 Å². The van der Waals surface area contributed by atoms with Crippen LogP contribution in [0.1, 0.15) is 33.1 Å². The molecule has 1 rings (SSSR count). The zero-order valence-electron chi connectivity index (χ0n) is 9.90. The van der Waals surface area contributed by atoms with Gasteiger partial charge in [0.05, 0.1) is 23.3 Å². The Morgan fingerprint density at radius 3 is 2.69 bits per heavy atom. The van der Waals surface area contributed by atoms with E-state index in [0.29, 0.717) is 32.5 Å². The third-order valence-corrected chi connectivity index (χ3v) is 5.52. The fourth-order valence-electron chi connectivity index (χ4n) is 2.18. The van der Waals surface area contributed by atoms with E-state index in [4.69, 9.17) is 4.74 Å². The van der Waals surface area contributed by atoms with Crippen molar-refractivity contribution in [3.05, 3.63) is 0 Å². The molecule has 1 saturated carbocycles. The molecule has 0 amide bonds. The standard InChI is InChI=1S/C11H19NO3S/c1-3-15-9-11(8-12)6-5-10(7-11)16(13,14)4-2/h10H,3-7,9H2,1-2H3/t10-,11-/m0/s1. The summed E-state index contributed by atoms with van der Waals surface area (Å²) in [6.45, 7) is 4.45. The molecule has 0 spiro atoms. The molecule has 16 heavy (non-hydrogen) atoms. The Balaban J connectivity index is 2.73. The van der Waals surface area contributed by atoms with Gasteiger partial charge in [0.2, 0.25) is 0 Å². The van der Waals surface area contributed by atoms with Crippen LogP contribution in [0, 0.1) is 16.7 Å². The molecule has 1 aliphatic carbocycles. The predicted molar refractivity (Wildman–Crippen MR) is 61.6 cm³/mol. The van der Waals surface area contributed by atoms with Crippen LogP contribution in [0.2, 0.25) is 0 Å². The molecule has 0 heterocycles. The lowest BCUT2D eigenvalue weighted by molar-refractivity contribution is 0.0835. The van der Waals surface area contributed by atoms with E-state index < -0.39 is 15.3 Å². The van der Waals surface area contributed by atoms with Crippen LogP contribution in [-0.2, 0) is 14.6 Å². The molecule has 0 N–H and O–H groups in total. The highest BCUT2D eigenvalue weighted by Crippen LogP contribution is 2.41. The summed E-state index contributed by atoms with van der Waals surface area (Å²) in [5.74, 6) is 0.161. The van der Waals surface area contributed by atoms with E-state index in [1.54, 1.807) is 6.92 Å². The van der Waals surface area contributed by atoms with Crippen LogP contribution < -0.4 is 0 Å². The summed E-state index contributed by atoms with van der Waals surface area (Å²) in [7, 11) is -3.01. The van der Waals surface area contributed by atoms with Crippen molar-refractivity contribution in [2.24, 2.45) is 5.41 Å². The van der Waals surface area contributed by atoms with Crippen molar-refractivity contribution in [2.75, 3.05) is 19.0 Å². The maximum Gasteiger partial charge on any atom is 0.152 e. The number of hydrogen-bond donors (Lipinski definition) is 0. The highest BCUT2D eigenvalue weighted by Gasteiger charge is 2.44. The Labute approximate surface area is 97.5 Å². The SMILES string of the molecule is CCOC[C@@]1(C#N)CC[C@H](S(=O)(=O)CC)C1. The first kappa shape index (κ1) is 13.5. The van der Waals surface area contributed by atoms with Gasteiger partial charge in [0, 0.05) is 12.4 Å². The van der Waals surface area contributed by atoms with Crippen LogP contribution >= 0.6 is 0 Å². The molecule has 1 fully saturated rings. The molecule has 0 aromatic carbocycles. The van der Waals surface area contributed by atoms with Crippen LogP contribution in [0.3, 0.4) is 0 Å². The predicted octanol–water partition coefficient (Wildman–Crippen LogP) is 1.52. The van der Waals surface area contributed by atoms with E-state index in [1.807, 2.05) is 6.92 Å². The molecule has 92 valence electrons. The second-order valence-electron chi connectivity index (χ2n) is 4.35. The lowest BCUT2D eigenvalue weighted by Gasteiger charge is -2.20. The molecule has 0 aromatic heterocycles. The summed E-state index contributed by atoms with van der Waals surface area (Å²) in [4.78, 5) is 0. The molecule has 0 bridgehead atoms. The van der Waals surface area contributed by atoms with Crippen molar-refractivity contribution in [1.82, 2.24) is 0 Å². The largest absolute Gasteiger partial charge is 0.380 e. The smallest absolute Gasteiger partial charge is 0.152 e. The Morgan fingerprint density at radius 1 is 1.50 bits per heavy atom. The third-order valence-electron chi connectivity index (χ3n) is 3.29. The van der Waals surface area contributed by atoms with Gasteiger partial charge < -0.3 is 4.74 Å². The summed E-state index contributed by atoms with van der Waals surface area (Å²) in [6.07, 6.45) is 1.66. The molecule has 0 saturated heterocycles. The molecule has 5 heteroatoms. The number of nitrogens with zero attached hydrogens (tertiary/aromatic N) is 1. The summed E-state index contributed by atoms with van der Waals surface area (Å²) in [5, 5.41) is 8.83. The van der Waals surface area contributed by atoms with Gasteiger partial charge >= 0.3 is 0 Å². The number of hydrogen-bond acceptors (Lipinski definition) is 4. The summed E-state index contributed by atoms with van der Waals surface area (Å²) in [5.41, 5.74) is -0.580. The highest BCUT2D eigenvalue weighted by molar-refractivity contribution is 7.92. The van der Waals surface area contributed by atoms with Crippen molar-refractivity contribution < 1.29 is 13.2 Å². The molecular formula is C11H19NO3S. The maximum absolute atomic E-state index is 11.7. The van der Waals surface area contributed by atoms with Gasteiger partial charge in [-0.25, -0.2) is 8.42 Å². The minimum Gasteiger partial charge on any atom is -0.380 e. The first-order valence-corrected chi connectivity index (χ1v) is 7.42. The van der Waals surface area contributed by atoms with Gasteiger partial charge in [-0.1, -0.05) is 6.92 Å². The molecule has 1 aliphatic rings. The molecular weight excluding hydrogens is 226 g/mol. The van der Waals surface area contributed by atoms with E-state index in [0.717, 1.165) is 0 Å². The molecule has 0 unspecified atom stereocenters. The zero-order chi connectivity index (χ0) is 12.2. The van der Waals surface area contributed by atoms with Gasteiger partial charge in [0.25, 0.3) is 0 Å². The second-order valence-corrected chi connectivity index (χ2v) is 6.92. The fourth-order valence-corrected chi connectivity index (χ4v) is 3.70. The monoisotopic (exact) mass is 245 g/mol. The minimum atomic E-state index is -3.01. The maximum atomic E-state index is 11.7. The molecule has 2 atom stereocenters. The Hall–Kier alpha value is -0.600. The Kier molecular flexibility index (Phi) is 4.34. The molecule has 4 nitrogen and oxygen atoms in total. The highest BCUT2D eigenvalue weighted by atomic mass is 32.2. The molecule has 0 aromatic rings. The van der Waals surface area contributed by atoms with Crippen LogP contribution in [0.25, 0.3) is 0 Å². The second kappa shape index (κ2) is 5.15. The average molecular weight is 245 g/mol. The van der Waals surface area contributed by atoms with Crippen LogP contribution in [0.15, 0.2) is 0 Å². The average Bonchev–Trinajstić information content (AvgIpc) is 2.72. The molecule has 0 radical (unpaired) electrons. The van der Waals surface area contributed by atoms with Crippen molar-refractivity contribution in [2.45, 2.75) is 38.4 Å². The van der Waals surface area contributed by atoms with E-state index in [9.17, 15) is 13.7 Å². The van der Waals surface area contributed by atoms with Gasteiger partial charge in [-0.15, -0.1) is 0 Å². The van der Waals surface area contributed by atoms with Gasteiger partial charge in [-0.05, 0) is 26.2 Å². The summed E-state index contributed by atoms with van der Waals surface area (Å²) >= 11 is 0. The van der Waals surface area contributed by atoms with Gasteiger partial charge in [0.15, 0.2) is 9.84 Å². The van der Waals surface area contributed by atoms with Crippen LogP contribution in [0.5, 0.6) is 0 Å². The van der Waals surface area contributed by atoms with Crippen molar-refractivity contribution in [3.63, 3.8) is 0 Å². The van der Waals surface area contributed by atoms with Crippen molar-refractivity contribution in [3.8, 4) is 6.07 Å². The topological polar surface area (TPSA) is 67.2 Å². The summed E-state index contributed by atoms with van der Waals surface area (Å²) in [6, 6.07) is 2.25. The normalized spacial score (nSPS) is 30.2. The first-order valence-electron chi connectivity index (χ1n) is 5.70. The Morgan fingerprint density at radius 2 is 2.19 bits per heavy atom. The number of sulfone groups is 1. The quantitative estimate of drug-likeness (QED) is 0.736. The first-order chi connectivity index (χ1) is 7.49. The minimum absolute atomic E-state index is 0.161. The zero-order valence-corrected chi connectivity index (χ0v) is 10.7. The van der Waals surface area contributed by atoms with Gasteiger partial charge in [0.1, 0.15) is 0 Å². The summed E-state index contributed by atoms with van der Waals surface area (Å²) < 4.78 is 28.7. The van der Waals surface area contributed by atoms with Crippen LogP contribution in [-0.4, -0.2) is 32.6 Å². The fraction of sp³-hybridized carbons (Fsp3) is 0.909. The van der Waals surface area contributed by atoms with E-state index in [1.165, 1.54) is 0 Å². The van der Waals surface area contributed by atoms with E-state index in [2.05, 4.69) is 6.07 Å². The number of rotatable bonds is 5. The number of nitriles is 1. The van der Waals surface area contributed by atoms with E-state index >= 15 is 0 Å². The van der Waals surface area contributed by atoms with Crippen molar-refractivity contribution >= 4 is 9.84 Å². The molecule has 0 aliphatic heterocycles. The third kappa shape index (κ3) is 2.74. The number of ether oxygens (including phenoxy) is 1. The Bertz CT molecular complexity index is 371. The van der Waals surface area contributed by atoms with Crippen molar-refractivity contribution in [1.29, 1.82) is 5.26 Å². The van der Waals surface area contributed by atoms with Gasteiger partial charge in [-0.3, -0.25) is 0 Å². The lowest BCUT2D eigenvalue weighted by atomic mass is 9.89. The van der Waals surface area contributed by atoms with Crippen LogP contribution in [0.4, 0.5) is 0 Å².